The summed E-state index contributed by atoms with van der Waals surface area (Å²) in [5, 5.41) is 0. The van der Waals surface area contributed by atoms with E-state index in [0.717, 1.165) is 32.1 Å². The standard InChI is InChI=1S/C21H26O3/c1-12(22)15-6-7-16-17-5-4-13-10-14(23)8-9-20(13,3)21(17)18(24-21)11-19(15,16)2/h8-10,15-18H,4-7,11H2,1-3H3. The lowest BCUT2D eigenvalue weighted by Crippen LogP contribution is -2.56. The second-order valence-corrected chi connectivity index (χ2v) is 9.21. The van der Waals surface area contributed by atoms with Crippen LogP contribution >= 0.6 is 0 Å². The predicted molar refractivity (Wildman–Crippen MR) is 90.3 cm³/mol. The fourth-order valence-corrected chi connectivity index (χ4v) is 7.31. The van der Waals surface area contributed by atoms with Crippen LogP contribution in [0.2, 0.25) is 0 Å². The fourth-order valence-electron chi connectivity index (χ4n) is 7.31. The molecule has 4 aliphatic carbocycles. The Morgan fingerprint density at radius 3 is 2.75 bits per heavy atom. The molecule has 3 nitrogen and oxygen atoms in total. The topological polar surface area (TPSA) is 46.7 Å². The summed E-state index contributed by atoms with van der Waals surface area (Å²) in [6, 6.07) is 0. The maximum Gasteiger partial charge on any atom is 0.178 e. The Morgan fingerprint density at radius 2 is 2.00 bits per heavy atom. The van der Waals surface area contributed by atoms with Crippen molar-refractivity contribution in [3.63, 3.8) is 0 Å². The van der Waals surface area contributed by atoms with Crippen molar-refractivity contribution < 1.29 is 14.3 Å². The molecule has 4 fully saturated rings. The molecule has 1 saturated heterocycles. The summed E-state index contributed by atoms with van der Waals surface area (Å²) in [5.41, 5.74) is 1.11. The molecule has 128 valence electrons. The van der Waals surface area contributed by atoms with Crippen LogP contribution in [0.25, 0.3) is 0 Å². The van der Waals surface area contributed by atoms with E-state index in [-0.39, 0.29) is 34.2 Å². The number of carbonyl (C=O) groups excluding carboxylic acids is 2. The molecule has 0 aromatic rings. The molecular formula is C21H26O3. The van der Waals surface area contributed by atoms with E-state index in [0.29, 0.717) is 17.6 Å². The molecule has 0 N–H and O–H groups in total. The van der Waals surface area contributed by atoms with Gasteiger partial charge in [-0.2, -0.15) is 0 Å². The normalized spacial score (nSPS) is 54.3. The Bertz CT molecular complexity index is 719. The summed E-state index contributed by atoms with van der Waals surface area (Å²) in [7, 11) is 0. The van der Waals surface area contributed by atoms with Crippen molar-refractivity contribution in [3.05, 3.63) is 23.8 Å². The molecule has 5 aliphatic rings. The van der Waals surface area contributed by atoms with Crippen molar-refractivity contribution in [2.24, 2.45) is 28.6 Å². The van der Waals surface area contributed by atoms with Crippen molar-refractivity contribution in [2.45, 2.75) is 64.6 Å². The van der Waals surface area contributed by atoms with Gasteiger partial charge in [-0.25, -0.2) is 0 Å². The van der Waals surface area contributed by atoms with E-state index in [2.05, 4.69) is 19.9 Å². The number of rotatable bonds is 1. The molecule has 5 rings (SSSR count). The molecule has 1 heterocycles. The summed E-state index contributed by atoms with van der Waals surface area (Å²) < 4.78 is 6.49. The minimum absolute atomic E-state index is 0.104. The Kier molecular flexibility index (Phi) is 2.70. The van der Waals surface area contributed by atoms with E-state index in [9.17, 15) is 9.59 Å². The third kappa shape index (κ3) is 1.49. The van der Waals surface area contributed by atoms with Gasteiger partial charge in [0.1, 0.15) is 11.4 Å². The minimum atomic E-state index is -0.135. The van der Waals surface area contributed by atoms with Gasteiger partial charge in [0, 0.05) is 11.3 Å². The summed E-state index contributed by atoms with van der Waals surface area (Å²) >= 11 is 0. The highest BCUT2D eigenvalue weighted by Gasteiger charge is 2.78. The van der Waals surface area contributed by atoms with Gasteiger partial charge >= 0.3 is 0 Å². The Balaban J connectivity index is 1.58. The Hall–Kier alpha value is -1.22. The molecular weight excluding hydrogens is 300 g/mol. The maximum absolute atomic E-state index is 12.2. The summed E-state index contributed by atoms with van der Waals surface area (Å²) in [4.78, 5) is 24.1. The van der Waals surface area contributed by atoms with Crippen LogP contribution in [0.1, 0.15) is 52.9 Å². The third-order valence-electron chi connectivity index (χ3n) is 8.42. The van der Waals surface area contributed by atoms with E-state index < -0.39 is 0 Å². The number of Topliss-reactive ketones (excluding diaryl/α,β-unsaturated/α-hetero) is 1. The number of allylic oxidation sites excluding steroid dienone is 2. The highest BCUT2D eigenvalue weighted by atomic mass is 16.6. The van der Waals surface area contributed by atoms with Gasteiger partial charge in [-0.05, 0) is 75.4 Å². The molecule has 0 radical (unpaired) electrons. The van der Waals surface area contributed by atoms with Gasteiger partial charge in [0.15, 0.2) is 5.78 Å². The van der Waals surface area contributed by atoms with E-state index in [1.54, 1.807) is 13.0 Å². The number of hydrogen-bond acceptors (Lipinski definition) is 3. The van der Waals surface area contributed by atoms with Gasteiger partial charge in [-0.3, -0.25) is 9.59 Å². The summed E-state index contributed by atoms with van der Waals surface area (Å²) in [5.74, 6) is 1.78. The van der Waals surface area contributed by atoms with Crippen molar-refractivity contribution >= 4 is 11.6 Å². The van der Waals surface area contributed by atoms with E-state index in [4.69, 9.17) is 4.74 Å². The molecule has 7 atom stereocenters. The van der Waals surface area contributed by atoms with Crippen LogP contribution in [0.5, 0.6) is 0 Å². The SMILES string of the molecule is CC(=O)C1CCC2C3CCC4=CC(=O)C=CC4(C)C34OC4CC12C. The van der Waals surface area contributed by atoms with Gasteiger partial charge in [0.25, 0.3) is 0 Å². The Morgan fingerprint density at radius 1 is 1.21 bits per heavy atom. The van der Waals surface area contributed by atoms with Gasteiger partial charge in [-0.15, -0.1) is 0 Å². The smallest absolute Gasteiger partial charge is 0.178 e. The van der Waals surface area contributed by atoms with Crippen LogP contribution in [-0.2, 0) is 14.3 Å². The van der Waals surface area contributed by atoms with E-state index in [1.165, 1.54) is 5.57 Å². The first-order chi connectivity index (χ1) is 11.3. The summed E-state index contributed by atoms with van der Waals surface area (Å²) in [6.45, 7) is 6.39. The molecule has 0 bridgehead atoms. The number of carbonyl (C=O) groups is 2. The molecule has 0 aromatic carbocycles. The average Bonchev–Trinajstić information content (AvgIpc) is 3.12. The fraction of sp³-hybridized carbons (Fsp3) is 0.714. The lowest BCUT2D eigenvalue weighted by molar-refractivity contribution is -0.126. The second kappa shape index (κ2) is 4.30. The number of fused-ring (bicyclic) bond motifs is 3. The second-order valence-electron chi connectivity index (χ2n) is 9.21. The van der Waals surface area contributed by atoms with Crippen LogP contribution in [0, 0.1) is 28.6 Å². The first-order valence-electron chi connectivity index (χ1n) is 9.45. The minimum Gasteiger partial charge on any atom is -0.364 e. The largest absolute Gasteiger partial charge is 0.364 e. The molecule has 7 unspecified atom stereocenters. The van der Waals surface area contributed by atoms with Gasteiger partial charge < -0.3 is 4.74 Å². The number of ether oxygens (including phenoxy) is 1. The van der Waals surface area contributed by atoms with Crippen LogP contribution in [-0.4, -0.2) is 23.3 Å². The lowest BCUT2D eigenvalue weighted by Gasteiger charge is -2.54. The zero-order valence-electron chi connectivity index (χ0n) is 14.8. The van der Waals surface area contributed by atoms with Crippen molar-refractivity contribution in [2.75, 3.05) is 0 Å². The molecule has 1 aliphatic heterocycles. The van der Waals surface area contributed by atoms with Crippen LogP contribution in [0.15, 0.2) is 23.8 Å². The lowest BCUT2D eigenvalue weighted by atomic mass is 9.47. The van der Waals surface area contributed by atoms with E-state index in [1.807, 2.05) is 6.08 Å². The molecule has 24 heavy (non-hydrogen) atoms. The molecule has 1 spiro atoms. The first-order valence-corrected chi connectivity index (χ1v) is 9.45. The van der Waals surface area contributed by atoms with Gasteiger partial charge in [0.05, 0.1) is 6.10 Å². The zero-order chi connectivity index (χ0) is 16.9. The third-order valence-corrected chi connectivity index (χ3v) is 8.42. The average molecular weight is 326 g/mol. The van der Waals surface area contributed by atoms with Crippen molar-refractivity contribution in [3.8, 4) is 0 Å². The number of epoxide rings is 1. The number of ketones is 2. The summed E-state index contributed by atoms with van der Waals surface area (Å²) in [6.07, 6.45) is 11.3. The van der Waals surface area contributed by atoms with Gasteiger partial charge in [-0.1, -0.05) is 18.6 Å². The van der Waals surface area contributed by atoms with Gasteiger partial charge in [0.2, 0.25) is 0 Å². The van der Waals surface area contributed by atoms with Crippen molar-refractivity contribution in [1.29, 1.82) is 0 Å². The monoisotopic (exact) mass is 326 g/mol. The molecule has 3 saturated carbocycles. The predicted octanol–water partition coefficient (Wildman–Crippen LogP) is 3.63. The highest BCUT2D eigenvalue weighted by Crippen LogP contribution is 2.75. The van der Waals surface area contributed by atoms with Crippen LogP contribution in [0.4, 0.5) is 0 Å². The van der Waals surface area contributed by atoms with Crippen LogP contribution < -0.4 is 0 Å². The number of hydrogen-bond donors (Lipinski definition) is 0. The first kappa shape index (κ1) is 15.1. The molecule has 3 heteroatoms. The molecule has 0 amide bonds. The van der Waals surface area contributed by atoms with Crippen molar-refractivity contribution in [1.82, 2.24) is 0 Å². The quantitative estimate of drug-likeness (QED) is 0.691. The highest BCUT2D eigenvalue weighted by molar-refractivity contribution is 6.01. The Labute approximate surface area is 143 Å². The maximum atomic E-state index is 12.2. The molecule has 0 aromatic heterocycles. The van der Waals surface area contributed by atoms with E-state index >= 15 is 0 Å². The zero-order valence-corrected chi connectivity index (χ0v) is 14.8. The van der Waals surface area contributed by atoms with Crippen LogP contribution in [0.3, 0.4) is 0 Å².